The van der Waals surface area contributed by atoms with Gasteiger partial charge in [-0.25, -0.2) is 5.48 Å². The van der Waals surface area contributed by atoms with Gasteiger partial charge in [-0.05, 0) is 18.6 Å². The molecule has 80 valence electrons. The van der Waals surface area contributed by atoms with Gasteiger partial charge in [0.05, 0.1) is 0 Å². The van der Waals surface area contributed by atoms with E-state index in [2.05, 4.69) is 10.3 Å². The van der Waals surface area contributed by atoms with Gasteiger partial charge >= 0.3 is 0 Å². The van der Waals surface area contributed by atoms with E-state index >= 15 is 0 Å². The number of carbonyl (C=O) groups is 2. The van der Waals surface area contributed by atoms with Crippen LogP contribution in [0.1, 0.15) is 15.9 Å². The van der Waals surface area contributed by atoms with Gasteiger partial charge in [-0.3, -0.25) is 14.4 Å². The molecule has 0 radical (unpaired) electrons. The minimum absolute atomic E-state index is 0.336. The second-order valence-electron chi connectivity index (χ2n) is 3.00. The normalized spacial score (nSPS) is 9.67. The molecular formula is C10H12N2O3. The van der Waals surface area contributed by atoms with Gasteiger partial charge in [-0.15, -0.1) is 0 Å². The number of hydrogen-bond donors (Lipinski definition) is 2. The van der Waals surface area contributed by atoms with Gasteiger partial charge in [-0.2, -0.15) is 0 Å². The molecule has 3 N–H and O–H groups in total. The lowest BCUT2D eigenvalue weighted by Crippen LogP contribution is -2.29. The number of nitrogens with two attached hydrogens (primary N) is 1. The molecule has 1 aromatic carbocycles. The van der Waals surface area contributed by atoms with Gasteiger partial charge < -0.3 is 5.73 Å². The number of rotatable bonds is 4. The average molecular weight is 208 g/mol. The Morgan fingerprint density at radius 3 is 2.67 bits per heavy atom. The van der Waals surface area contributed by atoms with Crippen molar-refractivity contribution >= 4 is 11.8 Å². The molecule has 0 aliphatic heterocycles. The molecular weight excluding hydrogens is 196 g/mol. The van der Waals surface area contributed by atoms with Crippen LogP contribution >= 0.6 is 0 Å². The van der Waals surface area contributed by atoms with E-state index in [4.69, 9.17) is 5.73 Å². The average Bonchev–Trinajstić information content (AvgIpc) is 2.17. The number of amides is 2. The standard InChI is InChI=1S/C10H12N2O3/c1-7-4-2-3-5-8(7)10(14)12-15-6-9(11)13/h2-5H,6H2,1H3,(H2,11,13)(H,12,14). The summed E-state index contributed by atoms with van der Waals surface area (Å²) < 4.78 is 0. The predicted octanol–water partition coefficient (Wildman–Crippen LogP) is 0.142. The zero-order valence-corrected chi connectivity index (χ0v) is 8.32. The van der Waals surface area contributed by atoms with Crippen molar-refractivity contribution in [3.05, 3.63) is 35.4 Å². The van der Waals surface area contributed by atoms with Gasteiger partial charge in [0.1, 0.15) is 0 Å². The first-order chi connectivity index (χ1) is 7.11. The highest BCUT2D eigenvalue weighted by molar-refractivity contribution is 5.94. The second kappa shape index (κ2) is 5.11. The first kappa shape index (κ1) is 11.2. The monoisotopic (exact) mass is 208 g/mol. The molecule has 0 unspecified atom stereocenters. The van der Waals surface area contributed by atoms with Crippen LogP contribution in [0.3, 0.4) is 0 Å². The van der Waals surface area contributed by atoms with Gasteiger partial charge in [0.15, 0.2) is 6.61 Å². The molecule has 0 saturated carbocycles. The molecule has 0 saturated heterocycles. The highest BCUT2D eigenvalue weighted by Crippen LogP contribution is 2.05. The second-order valence-corrected chi connectivity index (χ2v) is 3.00. The molecule has 2 amide bonds. The summed E-state index contributed by atoms with van der Waals surface area (Å²) in [7, 11) is 0. The van der Waals surface area contributed by atoms with E-state index < -0.39 is 11.8 Å². The fraction of sp³-hybridized carbons (Fsp3) is 0.200. The molecule has 0 fully saturated rings. The van der Waals surface area contributed by atoms with E-state index in [1.165, 1.54) is 0 Å². The number of nitrogens with one attached hydrogen (secondary N) is 1. The van der Waals surface area contributed by atoms with Crippen molar-refractivity contribution in [1.29, 1.82) is 0 Å². The molecule has 0 bridgehead atoms. The van der Waals surface area contributed by atoms with Gasteiger partial charge in [0.2, 0.25) is 5.91 Å². The Hall–Kier alpha value is -1.88. The Morgan fingerprint density at radius 2 is 2.07 bits per heavy atom. The molecule has 0 aliphatic carbocycles. The summed E-state index contributed by atoms with van der Waals surface area (Å²) in [5.41, 5.74) is 8.30. The van der Waals surface area contributed by atoms with Crippen molar-refractivity contribution in [3.63, 3.8) is 0 Å². The molecule has 5 nitrogen and oxygen atoms in total. The Morgan fingerprint density at radius 1 is 1.40 bits per heavy atom. The molecule has 1 rings (SSSR count). The SMILES string of the molecule is Cc1ccccc1C(=O)NOCC(N)=O. The lowest BCUT2D eigenvalue weighted by atomic mass is 10.1. The Kier molecular flexibility index (Phi) is 3.82. The van der Waals surface area contributed by atoms with E-state index in [0.717, 1.165) is 5.56 Å². The van der Waals surface area contributed by atoms with Crippen molar-refractivity contribution in [3.8, 4) is 0 Å². The summed E-state index contributed by atoms with van der Waals surface area (Å²) in [6.07, 6.45) is 0. The fourth-order valence-corrected chi connectivity index (χ4v) is 1.06. The molecule has 1 aromatic rings. The van der Waals surface area contributed by atoms with Crippen molar-refractivity contribution in [2.45, 2.75) is 6.92 Å². The lowest BCUT2D eigenvalue weighted by molar-refractivity contribution is -0.124. The van der Waals surface area contributed by atoms with Crippen molar-refractivity contribution < 1.29 is 14.4 Å². The minimum atomic E-state index is -0.639. The van der Waals surface area contributed by atoms with E-state index in [1.54, 1.807) is 12.1 Å². The van der Waals surface area contributed by atoms with Crippen molar-refractivity contribution in [2.24, 2.45) is 5.73 Å². The smallest absolute Gasteiger partial charge is 0.275 e. The Balaban J connectivity index is 2.54. The highest BCUT2D eigenvalue weighted by Gasteiger charge is 2.07. The molecule has 15 heavy (non-hydrogen) atoms. The number of hydroxylamine groups is 1. The largest absolute Gasteiger partial charge is 0.368 e. The van der Waals surface area contributed by atoms with Crippen LogP contribution in [-0.4, -0.2) is 18.4 Å². The zero-order valence-electron chi connectivity index (χ0n) is 8.32. The number of aryl methyl sites for hydroxylation is 1. The fourth-order valence-electron chi connectivity index (χ4n) is 1.06. The van der Waals surface area contributed by atoms with Crippen LogP contribution in [0.4, 0.5) is 0 Å². The van der Waals surface area contributed by atoms with E-state index in [0.29, 0.717) is 5.56 Å². The maximum atomic E-state index is 11.5. The van der Waals surface area contributed by atoms with E-state index in [1.807, 2.05) is 19.1 Å². The van der Waals surface area contributed by atoms with Crippen molar-refractivity contribution in [1.82, 2.24) is 5.48 Å². The lowest BCUT2D eigenvalue weighted by Gasteiger charge is -2.06. The Labute approximate surface area is 87.2 Å². The van der Waals surface area contributed by atoms with E-state index in [-0.39, 0.29) is 6.61 Å². The Bertz CT molecular complexity index is 377. The third-order valence-corrected chi connectivity index (χ3v) is 1.77. The number of carbonyl (C=O) groups excluding carboxylic acids is 2. The maximum absolute atomic E-state index is 11.5. The van der Waals surface area contributed by atoms with Crippen LogP contribution in [0.5, 0.6) is 0 Å². The zero-order chi connectivity index (χ0) is 11.3. The highest BCUT2D eigenvalue weighted by atomic mass is 16.7. The summed E-state index contributed by atoms with van der Waals surface area (Å²) in [6, 6.07) is 7.05. The van der Waals surface area contributed by atoms with Crippen LogP contribution in [0, 0.1) is 6.92 Å². The molecule has 0 aliphatic rings. The van der Waals surface area contributed by atoms with Crippen LogP contribution in [0.2, 0.25) is 0 Å². The maximum Gasteiger partial charge on any atom is 0.275 e. The third kappa shape index (κ3) is 3.40. The van der Waals surface area contributed by atoms with Crippen LogP contribution in [-0.2, 0) is 9.63 Å². The third-order valence-electron chi connectivity index (χ3n) is 1.77. The molecule has 0 atom stereocenters. The topological polar surface area (TPSA) is 81.4 Å². The van der Waals surface area contributed by atoms with Gasteiger partial charge in [0.25, 0.3) is 5.91 Å². The first-order valence-electron chi connectivity index (χ1n) is 4.37. The minimum Gasteiger partial charge on any atom is -0.368 e. The van der Waals surface area contributed by atoms with E-state index in [9.17, 15) is 9.59 Å². The van der Waals surface area contributed by atoms with Crippen LogP contribution in [0.15, 0.2) is 24.3 Å². The van der Waals surface area contributed by atoms with Crippen molar-refractivity contribution in [2.75, 3.05) is 6.61 Å². The molecule has 5 heteroatoms. The molecule has 0 spiro atoms. The number of primary amides is 1. The van der Waals surface area contributed by atoms with Gasteiger partial charge in [0, 0.05) is 5.56 Å². The summed E-state index contributed by atoms with van der Waals surface area (Å²) in [6.45, 7) is 1.47. The number of hydrogen-bond acceptors (Lipinski definition) is 3. The predicted molar refractivity (Wildman–Crippen MR) is 53.8 cm³/mol. The number of benzene rings is 1. The van der Waals surface area contributed by atoms with Crippen LogP contribution < -0.4 is 11.2 Å². The molecule has 0 aromatic heterocycles. The summed E-state index contributed by atoms with van der Waals surface area (Å²) in [5.74, 6) is -1.03. The summed E-state index contributed by atoms with van der Waals surface area (Å²) in [5, 5.41) is 0. The summed E-state index contributed by atoms with van der Waals surface area (Å²) >= 11 is 0. The van der Waals surface area contributed by atoms with Crippen LogP contribution in [0.25, 0.3) is 0 Å². The van der Waals surface area contributed by atoms with Gasteiger partial charge in [-0.1, -0.05) is 18.2 Å². The quantitative estimate of drug-likeness (QED) is 0.690. The molecule has 0 heterocycles. The first-order valence-corrected chi connectivity index (χ1v) is 4.37. The summed E-state index contributed by atoms with van der Waals surface area (Å²) in [4.78, 5) is 26.4.